The second kappa shape index (κ2) is 5.01. The van der Waals surface area contributed by atoms with Crippen molar-refractivity contribution in [1.29, 1.82) is 0 Å². The zero-order valence-electron chi connectivity index (χ0n) is 7.55. The average molecular weight is 174 g/mol. The fraction of sp³-hybridized carbons (Fsp3) is 1.00. The van der Waals surface area contributed by atoms with Gasteiger partial charge in [-0.05, 0) is 14.1 Å². The summed E-state index contributed by atoms with van der Waals surface area (Å²) in [6.07, 6.45) is 0. The van der Waals surface area contributed by atoms with Gasteiger partial charge in [-0.25, -0.2) is 0 Å². The molecule has 0 N–H and O–H groups in total. The molecule has 0 atom stereocenters. The molecule has 2 nitrogen and oxygen atoms in total. The van der Waals surface area contributed by atoms with Gasteiger partial charge in [0.25, 0.3) is 0 Å². The Balaban J connectivity index is 2.25. The van der Waals surface area contributed by atoms with E-state index in [2.05, 4.69) is 35.7 Å². The van der Waals surface area contributed by atoms with Crippen LogP contribution in [0.5, 0.6) is 0 Å². The highest BCUT2D eigenvalue weighted by atomic mass is 32.2. The quantitative estimate of drug-likeness (QED) is 0.531. The minimum Gasteiger partial charge on any atom is -0.304 e. The zero-order chi connectivity index (χ0) is 8.10. The summed E-state index contributed by atoms with van der Waals surface area (Å²) < 4.78 is 0. The van der Waals surface area contributed by atoms with E-state index in [1.54, 1.807) is 0 Å². The molecule has 1 saturated heterocycles. The summed E-state index contributed by atoms with van der Waals surface area (Å²) in [4.78, 5) is 4.82. The fourth-order valence-electron chi connectivity index (χ4n) is 1.11. The average Bonchev–Trinajstić information content (AvgIpc) is 2.06. The Hall–Kier alpha value is 0.270. The van der Waals surface area contributed by atoms with Gasteiger partial charge < -0.3 is 9.80 Å². The molecule has 0 aliphatic carbocycles. The van der Waals surface area contributed by atoms with E-state index in [1.807, 2.05) is 0 Å². The van der Waals surface area contributed by atoms with E-state index in [1.165, 1.54) is 37.7 Å². The number of thioether (sulfide) groups is 1. The van der Waals surface area contributed by atoms with Crippen molar-refractivity contribution in [3.8, 4) is 0 Å². The molecule has 66 valence electrons. The summed E-state index contributed by atoms with van der Waals surface area (Å²) in [5.74, 6) is 2.59. The molecule has 0 aromatic heterocycles. The van der Waals surface area contributed by atoms with Gasteiger partial charge in [0.15, 0.2) is 0 Å². The lowest BCUT2D eigenvalue weighted by atomic mass is 10.5. The van der Waals surface area contributed by atoms with Gasteiger partial charge in [-0.1, -0.05) is 0 Å². The molecule has 0 spiro atoms. The Morgan fingerprint density at radius 3 is 1.73 bits per heavy atom. The SMILES string of the molecule is CN1CCSCCN(C)CC1. The summed E-state index contributed by atoms with van der Waals surface area (Å²) >= 11 is 2.07. The van der Waals surface area contributed by atoms with E-state index in [-0.39, 0.29) is 0 Å². The predicted octanol–water partition coefficient (Wildman–Crippen LogP) is 0.597. The topological polar surface area (TPSA) is 6.48 Å². The first-order chi connectivity index (χ1) is 5.29. The van der Waals surface area contributed by atoms with E-state index >= 15 is 0 Å². The molecule has 1 aliphatic heterocycles. The summed E-state index contributed by atoms with van der Waals surface area (Å²) in [6.45, 7) is 4.94. The van der Waals surface area contributed by atoms with Gasteiger partial charge in [0.2, 0.25) is 0 Å². The molecule has 0 radical (unpaired) electrons. The number of rotatable bonds is 0. The van der Waals surface area contributed by atoms with Crippen LogP contribution < -0.4 is 0 Å². The smallest absolute Gasteiger partial charge is 0.0107 e. The highest BCUT2D eigenvalue weighted by Crippen LogP contribution is 2.03. The van der Waals surface area contributed by atoms with E-state index < -0.39 is 0 Å². The Morgan fingerprint density at radius 2 is 1.27 bits per heavy atom. The van der Waals surface area contributed by atoms with Crippen molar-refractivity contribution in [1.82, 2.24) is 9.80 Å². The van der Waals surface area contributed by atoms with Crippen LogP contribution >= 0.6 is 11.8 Å². The van der Waals surface area contributed by atoms with Gasteiger partial charge in [-0.15, -0.1) is 0 Å². The lowest BCUT2D eigenvalue weighted by Crippen LogP contribution is -2.31. The normalized spacial score (nSPS) is 25.6. The highest BCUT2D eigenvalue weighted by Gasteiger charge is 2.04. The molecule has 1 rings (SSSR count). The van der Waals surface area contributed by atoms with Crippen molar-refractivity contribution in [2.24, 2.45) is 0 Å². The van der Waals surface area contributed by atoms with E-state index in [0.717, 1.165) is 0 Å². The van der Waals surface area contributed by atoms with Crippen molar-refractivity contribution in [2.45, 2.75) is 0 Å². The van der Waals surface area contributed by atoms with Gasteiger partial charge in [-0.2, -0.15) is 11.8 Å². The maximum atomic E-state index is 2.41. The molecule has 0 unspecified atom stereocenters. The Labute approximate surface area is 73.9 Å². The van der Waals surface area contributed by atoms with Crippen LogP contribution in [0.2, 0.25) is 0 Å². The Morgan fingerprint density at radius 1 is 0.818 bits per heavy atom. The molecule has 11 heavy (non-hydrogen) atoms. The molecule has 0 aromatic carbocycles. The van der Waals surface area contributed by atoms with Crippen LogP contribution in [0.25, 0.3) is 0 Å². The first-order valence-corrected chi connectivity index (χ1v) is 5.39. The van der Waals surface area contributed by atoms with Gasteiger partial charge in [0, 0.05) is 37.7 Å². The lowest BCUT2D eigenvalue weighted by molar-refractivity contribution is 0.277. The molecule has 1 aliphatic rings. The van der Waals surface area contributed by atoms with Crippen LogP contribution in [0, 0.1) is 0 Å². The highest BCUT2D eigenvalue weighted by molar-refractivity contribution is 7.99. The van der Waals surface area contributed by atoms with Crippen molar-refractivity contribution in [3.63, 3.8) is 0 Å². The minimum absolute atomic E-state index is 1.22. The van der Waals surface area contributed by atoms with Crippen LogP contribution in [-0.4, -0.2) is 61.6 Å². The number of nitrogens with zero attached hydrogens (tertiary/aromatic N) is 2. The Bertz CT molecular complexity index is 96.3. The van der Waals surface area contributed by atoms with Gasteiger partial charge >= 0.3 is 0 Å². The number of likely N-dealkylation sites (N-methyl/N-ethyl adjacent to an activating group) is 2. The van der Waals surface area contributed by atoms with Crippen LogP contribution in [-0.2, 0) is 0 Å². The van der Waals surface area contributed by atoms with E-state index in [0.29, 0.717) is 0 Å². The van der Waals surface area contributed by atoms with E-state index in [4.69, 9.17) is 0 Å². The van der Waals surface area contributed by atoms with Gasteiger partial charge in [-0.3, -0.25) is 0 Å². The van der Waals surface area contributed by atoms with Gasteiger partial charge in [0.1, 0.15) is 0 Å². The largest absolute Gasteiger partial charge is 0.304 e. The summed E-state index contributed by atoms with van der Waals surface area (Å²) in [7, 11) is 4.42. The van der Waals surface area contributed by atoms with Crippen LogP contribution in [0.15, 0.2) is 0 Å². The van der Waals surface area contributed by atoms with Crippen LogP contribution in [0.1, 0.15) is 0 Å². The first kappa shape index (κ1) is 9.36. The molecule has 0 aromatic rings. The van der Waals surface area contributed by atoms with Crippen LogP contribution in [0.4, 0.5) is 0 Å². The van der Waals surface area contributed by atoms with Gasteiger partial charge in [0.05, 0.1) is 0 Å². The van der Waals surface area contributed by atoms with Crippen molar-refractivity contribution >= 4 is 11.8 Å². The molecular formula is C8H18N2S. The number of hydrogen-bond acceptors (Lipinski definition) is 3. The molecule has 0 bridgehead atoms. The Kier molecular flexibility index (Phi) is 4.26. The predicted molar refractivity (Wildman–Crippen MR) is 52.3 cm³/mol. The maximum absolute atomic E-state index is 2.41. The standard InChI is InChI=1S/C8H18N2S/c1-9-3-4-10(2)6-8-11-7-5-9/h3-8H2,1-2H3. The third kappa shape index (κ3) is 3.99. The number of hydrogen-bond donors (Lipinski definition) is 0. The summed E-state index contributed by atoms with van der Waals surface area (Å²) in [5, 5.41) is 0. The molecule has 0 amide bonds. The second-order valence-electron chi connectivity index (χ2n) is 3.22. The second-order valence-corrected chi connectivity index (χ2v) is 4.44. The molecule has 1 heterocycles. The van der Waals surface area contributed by atoms with E-state index in [9.17, 15) is 0 Å². The third-order valence-corrected chi connectivity index (χ3v) is 3.04. The first-order valence-electron chi connectivity index (χ1n) is 4.24. The molecular weight excluding hydrogens is 156 g/mol. The molecule has 0 saturated carbocycles. The zero-order valence-corrected chi connectivity index (χ0v) is 8.36. The lowest BCUT2D eigenvalue weighted by Gasteiger charge is -2.18. The van der Waals surface area contributed by atoms with Crippen LogP contribution in [0.3, 0.4) is 0 Å². The fourth-order valence-corrected chi connectivity index (χ4v) is 2.19. The van der Waals surface area contributed by atoms with Crippen molar-refractivity contribution in [2.75, 3.05) is 51.8 Å². The summed E-state index contributed by atoms with van der Waals surface area (Å²) in [6, 6.07) is 0. The minimum atomic E-state index is 1.22. The molecule has 1 fully saturated rings. The maximum Gasteiger partial charge on any atom is 0.0107 e. The van der Waals surface area contributed by atoms with Crippen molar-refractivity contribution in [3.05, 3.63) is 0 Å². The molecule has 3 heteroatoms. The van der Waals surface area contributed by atoms with Crippen molar-refractivity contribution < 1.29 is 0 Å². The monoisotopic (exact) mass is 174 g/mol. The third-order valence-electron chi connectivity index (χ3n) is 2.10. The summed E-state index contributed by atoms with van der Waals surface area (Å²) in [5.41, 5.74) is 0.